The fourth-order valence-corrected chi connectivity index (χ4v) is 1.73. The molecule has 0 atom stereocenters. The van der Waals surface area contributed by atoms with E-state index in [1.54, 1.807) is 13.1 Å². The van der Waals surface area contributed by atoms with Crippen molar-refractivity contribution in [2.75, 3.05) is 11.6 Å². The topological polar surface area (TPSA) is 58.4 Å². The van der Waals surface area contributed by atoms with Gasteiger partial charge in [0.05, 0.1) is 17.2 Å². The van der Waals surface area contributed by atoms with Crippen LogP contribution in [-0.2, 0) is 6.18 Å². The number of nitro groups is 1. The van der Waals surface area contributed by atoms with Crippen LogP contribution in [0.5, 0.6) is 0 Å². The Balaban J connectivity index is 2.49. The van der Waals surface area contributed by atoms with E-state index in [0.29, 0.717) is 6.07 Å². The normalized spacial score (nSPS) is 15.2. The molecule has 0 radical (unpaired) electrons. The molecule has 2 rings (SSSR count). The smallest absolute Gasteiger partial charge is 0.370 e. The Kier molecular flexibility index (Phi) is 3.09. The van der Waals surface area contributed by atoms with Crippen LogP contribution in [0.25, 0.3) is 0 Å². The first-order chi connectivity index (χ1) is 8.77. The van der Waals surface area contributed by atoms with Crippen LogP contribution in [0.4, 0.5) is 24.5 Å². The number of halogens is 3. The van der Waals surface area contributed by atoms with Crippen LogP contribution in [0.1, 0.15) is 12.5 Å². The van der Waals surface area contributed by atoms with Crippen LogP contribution in [0, 0.1) is 10.1 Å². The molecular formula is C11H10F3N3O2. The summed E-state index contributed by atoms with van der Waals surface area (Å²) in [6, 6.07) is 2.54. The molecule has 0 unspecified atom stereocenters. The minimum atomic E-state index is -4.62. The zero-order chi connectivity index (χ0) is 14.2. The third kappa shape index (κ3) is 2.78. The van der Waals surface area contributed by atoms with Gasteiger partial charge in [-0.1, -0.05) is 0 Å². The monoisotopic (exact) mass is 273 g/mol. The average Bonchev–Trinajstić information content (AvgIpc) is 2.74. The molecule has 1 aromatic rings. The lowest BCUT2D eigenvalue weighted by Crippen LogP contribution is -2.21. The van der Waals surface area contributed by atoms with Crippen molar-refractivity contribution in [1.29, 1.82) is 0 Å². The van der Waals surface area contributed by atoms with Gasteiger partial charge in [-0.25, -0.2) is 0 Å². The Morgan fingerprint density at radius 2 is 2.05 bits per heavy atom. The predicted octanol–water partition coefficient (Wildman–Crippen LogP) is 2.84. The highest BCUT2D eigenvalue weighted by atomic mass is 19.4. The molecule has 1 N–H and O–H groups in total. The molecule has 0 fully saturated rings. The zero-order valence-electron chi connectivity index (χ0n) is 9.86. The first-order valence-electron chi connectivity index (χ1n) is 5.33. The lowest BCUT2D eigenvalue weighted by molar-refractivity contribution is -0.385. The van der Waals surface area contributed by atoms with E-state index < -0.39 is 22.4 Å². The van der Waals surface area contributed by atoms with Crippen LogP contribution in [0.3, 0.4) is 0 Å². The number of benzene rings is 1. The van der Waals surface area contributed by atoms with Crippen LogP contribution in [0.15, 0.2) is 30.1 Å². The number of hydrogen-bond acceptors (Lipinski definition) is 4. The van der Waals surface area contributed by atoms with Crippen molar-refractivity contribution in [3.63, 3.8) is 0 Å². The molecule has 1 aliphatic rings. The molecule has 1 aromatic carbocycles. The first kappa shape index (κ1) is 13.2. The molecule has 0 amide bonds. The SMILES string of the molecule is CC1=CN(c2cc([N+](=O)[O-])cc(C(F)(F)F)c2)CN1. The highest BCUT2D eigenvalue weighted by Crippen LogP contribution is 2.35. The molecule has 102 valence electrons. The highest BCUT2D eigenvalue weighted by Gasteiger charge is 2.33. The third-order valence-corrected chi connectivity index (χ3v) is 2.65. The second-order valence-corrected chi connectivity index (χ2v) is 4.11. The van der Waals surface area contributed by atoms with Crippen molar-refractivity contribution in [3.8, 4) is 0 Å². The maximum absolute atomic E-state index is 12.7. The van der Waals surface area contributed by atoms with Crippen LogP contribution in [0.2, 0.25) is 0 Å². The summed E-state index contributed by atoms with van der Waals surface area (Å²) < 4.78 is 38.1. The van der Waals surface area contributed by atoms with E-state index in [4.69, 9.17) is 0 Å². The Labute approximate surface area is 106 Å². The van der Waals surface area contributed by atoms with Crippen molar-refractivity contribution in [1.82, 2.24) is 5.32 Å². The van der Waals surface area contributed by atoms with Gasteiger partial charge in [0.2, 0.25) is 0 Å². The fourth-order valence-electron chi connectivity index (χ4n) is 1.73. The summed E-state index contributed by atoms with van der Waals surface area (Å²) in [4.78, 5) is 11.3. The summed E-state index contributed by atoms with van der Waals surface area (Å²) in [7, 11) is 0. The maximum atomic E-state index is 12.7. The number of nitro benzene ring substituents is 1. The van der Waals surface area contributed by atoms with E-state index in [-0.39, 0.29) is 12.4 Å². The molecule has 1 aliphatic heterocycles. The standard InChI is InChI=1S/C11H10F3N3O2/c1-7-5-16(6-15-7)9-2-8(11(12,13)14)3-10(4-9)17(18)19/h2-5,15H,6H2,1H3. The van der Waals surface area contributed by atoms with Gasteiger partial charge in [-0.2, -0.15) is 13.2 Å². The molecule has 0 saturated heterocycles. The second kappa shape index (κ2) is 4.45. The molecule has 0 aromatic heterocycles. The number of nitrogens with zero attached hydrogens (tertiary/aromatic N) is 2. The van der Waals surface area contributed by atoms with E-state index in [1.807, 2.05) is 0 Å². The summed E-state index contributed by atoms with van der Waals surface area (Å²) in [5, 5.41) is 13.6. The quantitative estimate of drug-likeness (QED) is 0.665. The van der Waals surface area contributed by atoms with Crippen LogP contribution >= 0.6 is 0 Å². The van der Waals surface area contributed by atoms with Gasteiger partial charge < -0.3 is 10.2 Å². The molecule has 0 spiro atoms. The number of nitrogens with one attached hydrogen (secondary N) is 1. The largest absolute Gasteiger partial charge is 0.416 e. The molecule has 1 heterocycles. The molecule has 8 heteroatoms. The third-order valence-electron chi connectivity index (χ3n) is 2.65. The minimum Gasteiger partial charge on any atom is -0.370 e. The maximum Gasteiger partial charge on any atom is 0.416 e. The highest BCUT2D eigenvalue weighted by molar-refractivity contribution is 5.59. The van der Waals surface area contributed by atoms with Gasteiger partial charge in [-0.05, 0) is 13.0 Å². The van der Waals surface area contributed by atoms with Gasteiger partial charge in [-0.3, -0.25) is 10.1 Å². The molecule has 0 saturated carbocycles. The van der Waals surface area contributed by atoms with Crippen molar-refractivity contribution in [3.05, 3.63) is 45.8 Å². The molecule has 0 aliphatic carbocycles. The summed E-state index contributed by atoms with van der Waals surface area (Å²) in [6.07, 6.45) is -3.02. The summed E-state index contributed by atoms with van der Waals surface area (Å²) in [5.41, 5.74) is -0.705. The first-order valence-corrected chi connectivity index (χ1v) is 5.33. The van der Waals surface area contributed by atoms with Crippen molar-refractivity contribution in [2.45, 2.75) is 13.1 Å². The average molecular weight is 273 g/mol. The van der Waals surface area contributed by atoms with Crippen molar-refractivity contribution < 1.29 is 18.1 Å². The van der Waals surface area contributed by atoms with Crippen LogP contribution < -0.4 is 10.2 Å². The van der Waals surface area contributed by atoms with Crippen LogP contribution in [-0.4, -0.2) is 11.6 Å². The molecule has 19 heavy (non-hydrogen) atoms. The van der Waals surface area contributed by atoms with Gasteiger partial charge >= 0.3 is 6.18 Å². The molecule has 0 bridgehead atoms. The minimum absolute atomic E-state index is 0.130. The van der Waals surface area contributed by atoms with E-state index in [9.17, 15) is 23.3 Å². The van der Waals surface area contributed by atoms with E-state index >= 15 is 0 Å². The van der Waals surface area contributed by atoms with E-state index in [0.717, 1.165) is 17.8 Å². The predicted molar refractivity (Wildman–Crippen MR) is 62.3 cm³/mol. The van der Waals surface area contributed by atoms with Crippen molar-refractivity contribution in [2.24, 2.45) is 0 Å². The van der Waals surface area contributed by atoms with E-state index in [1.165, 1.54) is 4.90 Å². The zero-order valence-corrected chi connectivity index (χ0v) is 9.86. The lowest BCUT2D eigenvalue weighted by Gasteiger charge is -2.16. The summed E-state index contributed by atoms with van der Waals surface area (Å²) in [5.74, 6) is 0. The summed E-state index contributed by atoms with van der Waals surface area (Å²) >= 11 is 0. The Bertz CT molecular complexity index is 555. The summed E-state index contributed by atoms with van der Waals surface area (Å²) in [6.45, 7) is 2.03. The number of allylic oxidation sites excluding steroid dienone is 1. The number of alkyl halides is 3. The van der Waals surface area contributed by atoms with E-state index in [2.05, 4.69) is 5.32 Å². The van der Waals surface area contributed by atoms with Gasteiger partial charge in [0.1, 0.15) is 0 Å². The van der Waals surface area contributed by atoms with Gasteiger partial charge in [-0.15, -0.1) is 0 Å². The Morgan fingerprint density at radius 3 is 2.53 bits per heavy atom. The number of anilines is 1. The fraction of sp³-hybridized carbons (Fsp3) is 0.273. The van der Waals surface area contributed by atoms with Gasteiger partial charge in [0, 0.05) is 29.7 Å². The van der Waals surface area contributed by atoms with Gasteiger partial charge in [0.25, 0.3) is 5.69 Å². The lowest BCUT2D eigenvalue weighted by atomic mass is 10.1. The Morgan fingerprint density at radius 1 is 1.37 bits per heavy atom. The molecule has 5 nitrogen and oxygen atoms in total. The van der Waals surface area contributed by atoms with Gasteiger partial charge in [0.15, 0.2) is 0 Å². The number of rotatable bonds is 2. The number of hydrogen-bond donors (Lipinski definition) is 1. The Hall–Kier alpha value is -2.25. The van der Waals surface area contributed by atoms with Crippen molar-refractivity contribution >= 4 is 11.4 Å². The second-order valence-electron chi connectivity index (χ2n) is 4.11. The molecular weight excluding hydrogens is 263 g/mol. The number of non-ortho nitro benzene ring substituents is 1.